The van der Waals surface area contributed by atoms with E-state index in [9.17, 15) is 13.2 Å². The van der Waals surface area contributed by atoms with Crippen LogP contribution >= 0.6 is 11.6 Å². The molecule has 0 radical (unpaired) electrons. The molecule has 0 aliphatic carbocycles. The van der Waals surface area contributed by atoms with E-state index in [1.807, 2.05) is 0 Å². The van der Waals surface area contributed by atoms with E-state index in [0.717, 1.165) is 6.07 Å². The molecule has 0 aliphatic rings. The van der Waals surface area contributed by atoms with Gasteiger partial charge >= 0.3 is 6.18 Å². The van der Waals surface area contributed by atoms with Gasteiger partial charge < -0.3 is 5.11 Å². The van der Waals surface area contributed by atoms with Crippen molar-refractivity contribution in [2.75, 3.05) is 6.61 Å². The first kappa shape index (κ1) is 13.1. The maximum Gasteiger partial charge on any atom is 0.417 e. The van der Waals surface area contributed by atoms with E-state index in [1.54, 1.807) is 12.2 Å². The second kappa shape index (κ2) is 5.37. The van der Waals surface area contributed by atoms with Crippen molar-refractivity contribution in [2.24, 2.45) is 0 Å². The van der Waals surface area contributed by atoms with Crippen molar-refractivity contribution >= 4 is 17.7 Å². The molecule has 1 nitrogen and oxygen atoms in total. The van der Waals surface area contributed by atoms with Gasteiger partial charge in [0.15, 0.2) is 0 Å². The number of hydrogen-bond donors (Lipinski definition) is 1. The molecule has 0 fully saturated rings. The maximum absolute atomic E-state index is 12.4. The van der Waals surface area contributed by atoms with Crippen LogP contribution in [0, 0.1) is 0 Å². The Morgan fingerprint density at radius 3 is 2.50 bits per heavy atom. The molecule has 5 heteroatoms. The highest BCUT2D eigenvalue weighted by Crippen LogP contribution is 2.35. The van der Waals surface area contributed by atoms with E-state index in [4.69, 9.17) is 16.7 Å². The summed E-state index contributed by atoms with van der Waals surface area (Å²) in [7, 11) is 0. The summed E-state index contributed by atoms with van der Waals surface area (Å²) in [4.78, 5) is 0. The van der Waals surface area contributed by atoms with Gasteiger partial charge in [-0.1, -0.05) is 29.8 Å². The van der Waals surface area contributed by atoms with Gasteiger partial charge in [0.25, 0.3) is 0 Å². The fourth-order valence-corrected chi connectivity index (χ4v) is 1.45. The Morgan fingerprint density at radius 1 is 1.31 bits per heavy atom. The maximum atomic E-state index is 12.4. The highest BCUT2D eigenvalue weighted by atomic mass is 35.5. The van der Waals surface area contributed by atoms with E-state index in [0.29, 0.717) is 12.0 Å². The van der Waals surface area contributed by atoms with Crippen LogP contribution in [0.2, 0.25) is 5.02 Å². The number of alkyl halides is 3. The van der Waals surface area contributed by atoms with E-state index in [1.165, 1.54) is 12.1 Å². The van der Waals surface area contributed by atoms with E-state index >= 15 is 0 Å². The summed E-state index contributed by atoms with van der Waals surface area (Å²) in [5, 5.41) is 8.20. The Labute approximate surface area is 96.2 Å². The molecule has 0 saturated heterocycles. The zero-order chi connectivity index (χ0) is 12.2. The molecule has 0 spiro atoms. The van der Waals surface area contributed by atoms with Gasteiger partial charge in [-0.15, -0.1) is 0 Å². The summed E-state index contributed by atoms with van der Waals surface area (Å²) in [6, 6.07) is 3.53. The molecule has 0 atom stereocenters. The predicted molar refractivity (Wildman–Crippen MR) is 57.2 cm³/mol. The molecule has 16 heavy (non-hydrogen) atoms. The Balaban J connectivity index is 2.91. The second-order valence-electron chi connectivity index (χ2n) is 3.15. The van der Waals surface area contributed by atoms with Crippen molar-refractivity contribution in [3.8, 4) is 0 Å². The number of hydrogen-bond acceptors (Lipinski definition) is 1. The molecule has 0 unspecified atom stereocenters. The van der Waals surface area contributed by atoms with E-state index in [-0.39, 0.29) is 11.6 Å². The lowest BCUT2D eigenvalue weighted by Crippen LogP contribution is -2.05. The minimum atomic E-state index is -4.43. The average molecular weight is 251 g/mol. The monoisotopic (exact) mass is 250 g/mol. The molecule has 0 aliphatic heterocycles. The molecular weight excluding hydrogens is 241 g/mol. The number of halogens is 4. The third kappa shape index (κ3) is 3.54. The van der Waals surface area contributed by atoms with E-state index in [2.05, 4.69) is 0 Å². The van der Waals surface area contributed by atoms with Crippen LogP contribution in [0.5, 0.6) is 0 Å². The normalized spacial score (nSPS) is 12.3. The van der Waals surface area contributed by atoms with Crippen molar-refractivity contribution in [3.05, 3.63) is 40.4 Å². The molecule has 0 aromatic heterocycles. The Hall–Kier alpha value is -1.00. The smallest absolute Gasteiger partial charge is 0.396 e. The van der Waals surface area contributed by atoms with Gasteiger partial charge in [-0.25, -0.2) is 0 Å². The Bertz CT molecular complexity index is 385. The number of rotatable bonds is 3. The van der Waals surface area contributed by atoms with Crippen LogP contribution in [0.15, 0.2) is 24.3 Å². The largest absolute Gasteiger partial charge is 0.417 e. The number of benzene rings is 1. The van der Waals surface area contributed by atoms with Gasteiger partial charge in [-0.05, 0) is 24.1 Å². The van der Waals surface area contributed by atoms with Gasteiger partial charge in [0.05, 0.1) is 10.6 Å². The van der Waals surface area contributed by atoms with Gasteiger partial charge in [-0.2, -0.15) is 13.2 Å². The Kier molecular flexibility index (Phi) is 4.38. The fourth-order valence-electron chi connectivity index (χ4n) is 1.16. The molecule has 1 N–H and O–H groups in total. The number of aliphatic hydroxyl groups excluding tert-OH is 1. The molecule has 0 heterocycles. The summed E-state index contributed by atoms with van der Waals surface area (Å²) < 4.78 is 37.1. The summed E-state index contributed by atoms with van der Waals surface area (Å²) in [6.45, 7) is 0.00483. The van der Waals surface area contributed by atoms with E-state index < -0.39 is 11.7 Å². The van der Waals surface area contributed by atoms with Crippen molar-refractivity contribution in [1.29, 1.82) is 0 Å². The van der Waals surface area contributed by atoms with Gasteiger partial charge in [0.1, 0.15) is 0 Å². The summed E-state index contributed by atoms with van der Waals surface area (Å²) >= 11 is 5.52. The minimum absolute atomic E-state index is 0.00483. The SMILES string of the molecule is OCCC=Cc1ccc(C(F)(F)F)c(Cl)c1. The lowest BCUT2D eigenvalue weighted by molar-refractivity contribution is -0.137. The molecule has 88 valence electrons. The van der Waals surface area contributed by atoms with Crippen LogP contribution < -0.4 is 0 Å². The first-order valence-electron chi connectivity index (χ1n) is 4.59. The summed E-state index contributed by atoms with van der Waals surface area (Å²) in [5.74, 6) is 0. The van der Waals surface area contributed by atoms with Crippen LogP contribution in [-0.4, -0.2) is 11.7 Å². The minimum Gasteiger partial charge on any atom is -0.396 e. The molecule has 1 aromatic carbocycles. The highest BCUT2D eigenvalue weighted by molar-refractivity contribution is 6.31. The second-order valence-corrected chi connectivity index (χ2v) is 3.56. The third-order valence-corrected chi connectivity index (χ3v) is 2.22. The third-order valence-electron chi connectivity index (χ3n) is 1.90. The molecule has 0 amide bonds. The molecule has 1 rings (SSSR count). The fraction of sp³-hybridized carbons (Fsp3) is 0.273. The van der Waals surface area contributed by atoms with Crippen LogP contribution in [0.25, 0.3) is 6.08 Å². The molecular formula is C11H10ClF3O. The first-order chi connectivity index (χ1) is 7.45. The van der Waals surface area contributed by atoms with Gasteiger partial charge in [-0.3, -0.25) is 0 Å². The summed E-state index contributed by atoms with van der Waals surface area (Å²) in [5.41, 5.74) is -0.264. The predicted octanol–water partition coefficient (Wildman–Crippen LogP) is 3.75. The van der Waals surface area contributed by atoms with Crippen molar-refractivity contribution in [1.82, 2.24) is 0 Å². The van der Waals surface area contributed by atoms with Crippen LogP contribution in [-0.2, 0) is 6.18 Å². The zero-order valence-electron chi connectivity index (χ0n) is 8.26. The van der Waals surface area contributed by atoms with Crippen LogP contribution in [0.1, 0.15) is 17.5 Å². The van der Waals surface area contributed by atoms with Gasteiger partial charge in [0, 0.05) is 6.61 Å². The van der Waals surface area contributed by atoms with Crippen molar-refractivity contribution in [2.45, 2.75) is 12.6 Å². The molecule has 0 bridgehead atoms. The first-order valence-corrected chi connectivity index (χ1v) is 4.97. The highest BCUT2D eigenvalue weighted by Gasteiger charge is 2.32. The quantitative estimate of drug-likeness (QED) is 0.866. The van der Waals surface area contributed by atoms with Crippen LogP contribution in [0.3, 0.4) is 0 Å². The average Bonchev–Trinajstić information content (AvgIpc) is 2.16. The topological polar surface area (TPSA) is 20.2 Å². The number of aliphatic hydroxyl groups is 1. The van der Waals surface area contributed by atoms with Crippen molar-refractivity contribution < 1.29 is 18.3 Å². The molecule has 1 aromatic rings. The van der Waals surface area contributed by atoms with Crippen molar-refractivity contribution in [3.63, 3.8) is 0 Å². The lowest BCUT2D eigenvalue weighted by atomic mass is 10.1. The zero-order valence-corrected chi connectivity index (χ0v) is 9.02. The standard InChI is InChI=1S/C11H10ClF3O/c12-10-7-8(3-1-2-6-16)4-5-9(10)11(13,14)15/h1,3-5,7,16H,2,6H2. The van der Waals surface area contributed by atoms with Gasteiger partial charge in [0.2, 0.25) is 0 Å². The lowest BCUT2D eigenvalue weighted by Gasteiger charge is -2.08. The molecule has 0 saturated carbocycles. The summed E-state index contributed by atoms with van der Waals surface area (Å²) in [6.07, 6.45) is -0.690. The van der Waals surface area contributed by atoms with Crippen LogP contribution in [0.4, 0.5) is 13.2 Å². The Morgan fingerprint density at radius 2 is 2.00 bits per heavy atom.